The van der Waals surface area contributed by atoms with E-state index in [4.69, 9.17) is 9.41 Å². The molecule has 5 heteroatoms. The minimum Gasteiger partial charge on any atom is -0.459 e. The number of hydrogen-bond donors (Lipinski definition) is 2. The number of unbranched alkanes of at least 4 members (excludes halogenated alkanes) is 1. The minimum absolute atomic E-state index is 0.551. The first-order chi connectivity index (χ1) is 12.7. The van der Waals surface area contributed by atoms with Crippen molar-refractivity contribution >= 4 is 16.9 Å². The summed E-state index contributed by atoms with van der Waals surface area (Å²) in [6.07, 6.45) is 2.35. The van der Waals surface area contributed by atoms with Crippen LogP contribution >= 0.6 is 0 Å². The average Bonchev–Trinajstić information content (AvgIpc) is 2.99. The van der Waals surface area contributed by atoms with Gasteiger partial charge in [0.05, 0.1) is 0 Å². The topological polar surface area (TPSA) is 52.8 Å². The van der Waals surface area contributed by atoms with Crippen molar-refractivity contribution in [2.45, 2.75) is 47.1 Å². The SMILES string of the molecule is CCNC(=NCc1oc2ccccc2c1C)NCCCCN(CC)CC. The zero-order valence-electron chi connectivity index (χ0n) is 16.8. The van der Waals surface area contributed by atoms with E-state index in [0.29, 0.717) is 6.54 Å². The summed E-state index contributed by atoms with van der Waals surface area (Å²) in [6, 6.07) is 8.15. The lowest BCUT2D eigenvalue weighted by molar-refractivity contribution is 0.297. The molecule has 0 saturated heterocycles. The summed E-state index contributed by atoms with van der Waals surface area (Å²) in [5.41, 5.74) is 2.11. The third-order valence-electron chi connectivity index (χ3n) is 4.76. The van der Waals surface area contributed by atoms with Gasteiger partial charge in [-0.1, -0.05) is 32.0 Å². The second-order valence-electron chi connectivity index (χ2n) is 6.50. The van der Waals surface area contributed by atoms with E-state index in [1.807, 2.05) is 18.2 Å². The van der Waals surface area contributed by atoms with Crippen LogP contribution in [0.2, 0.25) is 0 Å². The fourth-order valence-electron chi connectivity index (χ4n) is 3.08. The van der Waals surface area contributed by atoms with Crippen LogP contribution in [-0.4, -0.2) is 43.6 Å². The molecule has 0 spiro atoms. The quantitative estimate of drug-likeness (QED) is 0.384. The molecule has 0 aliphatic rings. The molecule has 0 radical (unpaired) electrons. The molecule has 0 fully saturated rings. The Morgan fingerprint density at radius 3 is 2.54 bits per heavy atom. The van der Waals surface area contributed by atoms with Crippen LogP contribution < -0.4 is 10.6 Å². The molecular weight excluding hydrogens is 324 g/mol. The number of fused-ring (bicyclic) bond motifs is 1. The number of furan rings is 1. The first-order valence-corrected chi connectivity index (χ1v) is 9.91. The van der Waals surface area contributed by atoms with E-state index >= 15 is 0 Å². The van der Waals surface area contributed by atoms with Crippen LogP contribution in [0.15, 0.2) is 33.7 Å². The van der Waals surface area contributed by atoms with Gasteiger partial charge in [-0.3, -0.25) is 0 Å². The fraction of sp³-hybridized carbons (Fsp3) is 0.571. The Hall–Kier alpha value is -2.01. The van der Waals surface area contributed by atoms with Gasteiger partial charge in [0.1, 0.15) is 17.9 Å². The summed E-state index contributed by atoms with van der Waals surface area (Å²) < 4.78 is 5.95. The number of hydrogen-bond acceptors (Lipinski definition) is 3. The van der Waals surface area contributed by atoms with Gasteiger partial charge in [-0.05, 0) is 52.4 Å². The number of rotatable bonds is 10. The highest BCUT2D eigenvalue weighted by molar-refractivity contribution is 5.82. The summed E-state index contributed by atoms with van der Waals surface area (Å²) in [7, 11) is 0. The summed E-state index contributed by atoms with van der Waals surface area (Å²) in [5, 5.41) is 7.92. The lowest BCUT2D eigenvalue weighted by Gasteiger charge is -2.18. The van der Waals surface area contributed by atoms with Crippen LogP contribution in [0.3, 0.4) is 0 Å². The van der Waals surface area contributed by atoms with Gasteiger partial charge in [0.2, 0.25) is 0 Å². The largest absolute Gasteiger partial charge is 0.459 e. The third-order valence-corrected chi connectivity index (χ3v) is 4.76. The monoisotopic (exact) mass is 358 g/mol. The van der Waals surface area contributed by atoms with Gasteiger partial charge < -0.3 is 20.0 Å². The summed E-state index contributed by atoms with van der Waals surface area (Å²) in [4.78, 5) is 7.16. The van der Waals surface area contributed by atoms with E-state index in [9.17, 15) is 0 Å². The van der Waals surface area contributed by atoms with E-state index in [1.54, 1.807) is 0 Å². The molecule has 2 N–H and O–H groups in total. The molecular formula is C21H34N4O. The molecule has 1 heterocycles. The zero-order valence-corrected chi connectivity index (χ0v) is 16.8. The molecule has 1 aromatic heterocycles. The number of aryl methyl sites for hydroxylation is 1. The maximum atomic E-state index is 5.95. The van der Waals surface area contributed by atoms with E-state index in [0.717, 1.165) is 49.9 Å². The maximum absolute atomic E-state index is 5.95. The smallest absolute Gasteiger partial charge is 0.191 e. The number of benzene rings is 1. The van der Waals surface area contributed by atoms with Gasteiger partial charge in [0.15, 0.2) is 5.96 Å². The molecule has 0 amide bonds. The van der Waals surface area contributed by atoms with Crippen molar-refractivity contribution in [2.24, 2.45) is 4.99 Å². The highest BCUT2D eigenvalue weighted by Crippen LogP contribution is 2.25. The van der Waals surface area contributed by atoms with Crippen molar-refractivity contribution in [2.75, 3.05) is 32.7 Å². The second-order valence-corrected chi connectivity index (χ2v) is 6.50. The minimum atomic E-state index is 0.551. The van der Waals surface area contributed by atoms with Crippen molar-refractivity contribution in [3.8, 4) is 0 Å². The lowest BCUT2D eigenvalue weighted by Crippen LogP contribution is -2.38. The summed E-state index contributed by atoms with van der Waals surface area (Å²) >= 11 is 0. The lowest BCUT2D eigenvalue weighted by atomic mass is 10.1. The Bertz CT molecular complexity index is 688. The predicted molar refractivity (Wildman–Crippen MR) is 111 cm³/mol. The molecule has 5 nitrogen and oxygen atoms in total. The molecule has 0 atom stereocenters. The van der Waals surface area contributed by atoms with E-state index in [2.05, 4.69) is 49.3 Å². The maximum Gasteiger partial charge on any atom is 0.191 e. The standard InChI is InChI=1S/C21H34N4O/c1-5-22-21(23-14-10-11-15-25(6-2)7-3)24-16-20-17(4)18-12-8-9-13-19(18)26-20/h8-9,12-13H,5-7,10-11,14-16H2,1-4H3,(H2,22,23,24). The van der Waals surface area contributed by atoms with Gasteiger partial charge in [0, 0.05) is 24.0 Å². The molecule has 144 valence electrons. The van der Waals surface area contributed by atoms with Crippen molar-refractivity contribution in [3.05, 3.63) is 35.6 Å². The van der Waals surface area contributed by atoms with Gasteiger partial charge in [-0.25, -0.2) is 4.99 Å². The van der Waals surface area contributed by atoms with E-state index in [1.165, 1.54) is 23.9 Å². The number of para-hydroxylation sites is 1. The first-order valence-electron chi connectivity index (χ1n) is 9.91. The summed E-state index contributed by atoms with van der Waals surface area (Å²) in [6.45, 7) is 14.4. The molecule has 2 aromatic rings. The van der Waals surface area contributed by atoms with Gasteiger partial charge in [-0.15, -0.1) is 0 Å². The highest BCUT2D eigenvalue weighted by atomic mass is 16.3. The predicted octanol–water partition coefficient (Wildman–Crippen LogP) is 3.92. The number of nitrogens with one attached hydrogen (secondary N) is 2. The highest BCUT2D eigenvalue weighted by Gasteiger charge is 2.09. The molecule has 0 saturated carbocycles. The van der Waals surface area contributed by atoms with E-state index in [-0.39, 0.29) is 0 Å². The molecule has 0 bridgehead atoms. The Balaban J connectivity index is 1.86. The second kappa shape index (κ2) is 10.9. The zero-order chi connectivity index (χ0) is 18.8. The van der Waals surface area contributed by atoms with Gasteiger partial charge >= 0.3 is 0 Å². The normalized spacial score (nSPS) is 12.1. The molecule has 0 aliphatic heterocycles. The number of aliphatic imine (C=N–C) groups is 1. The van der Waals surface area contributed by atoms with Crippen molar-refractivity contribution < 1.29 is 4.42 Å². The Labute approximate surface area is 157 Å². The Morgan fingerprint density at radius 1 is 1.08 bits per heavy atom. The van der Waals surface area contributed by atoms with Crippen molar-refractivity contribution in [3.63, 3.8) is 0 Å². The van der Waals surface area contributed by atoms with Gasteiger partial charge in [0.25, 0.3) is 0 Å². The van der Waals surface area contributed by atoms with Crippen LogP contribution in [0.25, 0.3) is 11.0 Å². The van der Waals surface area contributed by atoms with Crippen LogP contribution in [-0.2, 0) is 6.54 Å². The molecule has 0 unspecified atom stereocenters. The summed E-state index contributed by atoms with van der Waals surface area (Å²) in [5.74, 6) is 1.79. The molecule has 0 aliphatic carbocycles. The van der Waals surface area contributed by atoms with Gasteiger partial charge in [-0.2, -0.15) is 0 Å². The van der Waals surface area contributed by atoms with Crippen molar-refractivity contribution in [1.29, 1.82) is 0 Å². The Morgan fingerprint density at radius 2 is 1.85 bits per heavy atom. The molecule has 2 rings (SSSR count). The third kappa shape index (κ3) is 5.77. The molecule has 26 heavy (non-hydrogen) atoms. The Kier molecular flexibility index (Phi) is 8.48. The van der Waals surface area contributed by atoms with Crippen molar-refractivity contribution in [1.82, 2.24) is 15.5 Å². The first kappa shape index (κ1) is 20.3. The fourth-order valence-corrected chi connectivity index (χ4v) is 3.08. The molecule has 1 aromatic carbocycles. The average molecular weight is 359 g/mol. The number of guanidine groups is 1. The van der Waals surface area contributed by atoms with Crippen LogP contribution in [0.4, 0.5) is 0 Å². The van der Waals surface area contributed by atoms with E-state index < -0.39 is 0 Å². The van der Waals surface area contributed by atoms with Crippen LogP contribution in [0.1, 0.15) is 44.9 Å². The number of nitrogens with zero attached hydrogens (tertiary/aromatic N) is 2. The van der Waals surface area contributed by atoms with Crippen LogP contribution in [0.5, 0.6) is 0 Å². The van der Waals surface area contributed by atoms with Crippen LogP contribution in [0, 0.1) is 6.92 Å².